The highest BCUT2D eigenvalue weighted by atomic mass is 15.3. The first-order chi connectivity index (χ1) is 7.18. The van der Waals surface area contributed by atoms with E-state index in [4.69, 9.17) is 0 Å². The van der Waals surface area contributed by atoms with Gasteiger partial charge < -0.3 is 0 Å². The van der Waals surface area contributed by atoms with Crippen LogP contribution >= 0.6 is 0 Å². The Kier molecular flexibility index (Phi) is 2.07. The molecule has 2 heterocycles. The minimum atomic E-state index is 0.699. The zero-order valence-electron chi connectivity index (χ0n) is 10.0. The lowest BCUT2D eigenvalue weighted by molar-refractivity contribution is 0.216. The summed E-state index contributed by atoms with van der Waals surface area (Å²) in [4.78, 5) is 2.73. The van der Waals surface area contributed by atoms with Crippen LogP contribution in [0.3, 0.4) is 0 Å². The summed E-state index contributed by atoms with van der Waals surface area (Å²) in [5, 5.41) is 0. The first kappa shape index (κ1) is 9.65. The summed E-state index contributed by atoms with van der Waals surface area (Å²) in [6.45, 7) is 7.02. The average molecular weight is 203 g/mol. The third-order valence-corrected chi connectivity index (χ3v) is 4.25. The van der Waals surface area contributed by atoms with Gasteiger partial charge >= 0.3 is 0 Å². The fourth-order valence-corrected chi connectivity index (χ4v) is 3.72. The molecule has 0 amide bonds. The van der Waals surface area contributed by atoms with E-state index in [0.717, 1.165) is 18.0 Å². The van der Waals surface area contributed by atoms with E-state index in [0.29, 0.717) is 6.04 Å². The number of allylic oxidation sites excluding steroid dienone is 2. The molecule has 3 atom stereocenters. The lowest BCUT2D eigenvalue weighted by atomic mass is 9.82. The first-order valence-corrected chi connectivity index (χ1v) is 6.38. The highest BCUT2D eigenvalue weighted by Crippen LogP contribution is 2.48. The standard InChI is InChI=1S/C14H21N/c1-9(2)15-13-6-7-14(15)12-8-10(3)4-5-11(12)13/h5,8-10,13-14H,4,6-7H2,1-3H3. The van der Waals surface area contributed by atoms with Crippen molar-refractivity contribution < 1.29 is 0 Å². The van der Waals surface area contributed by atoms with E-state index in [2.05, 4.69) is 37.8 Å². The van der Waals surface area contributed by atoms with E-state index in [1.807, 2.05) is 0 Å². The van der Waals surface area contributed by atoms with Crippen LogP contribution in [-0.4, -0.2) is 23.0 Å². The molecule has 0 spiro atoms. The molecule has 2 bridgehead atoms. The number of hydrogen-bond acceptors (Lipinski definition) is 1. The quantitative estimate of drug-likeness (QED) is 0.633. The van der Waals surface area contributed by atoms with Crippen LogP contribution in [0.2, 0.25) is 0 Å². The Hall–Kier alpha value is -0.560. The van der Waals surface area contributed by atoms with Gasteiger partial charge in [-0.3, -0.25) is 4.90 Å². The van der Waals surface area contributed by atoms with Gasteiger partial charge in [-0.25, -0.2) is 0 Å². The van der Waals surface area contributed by atoms with Gasteiger partial charge in [0.2, 0.25) is 0 Å². The fraction of sp³-hybridized carbons (Fsp3) is 0.714. The molecule has 0 radical (unpaired) electrons. The minimum absolute atomic E-state index is 0.699. The van der Waals surface area contributed by atoms with Crippen LogP contribution in [0.1, 0.15) is 40.0 Å². The van der Waals surface area contributed by atoms with Crippen molar-refractivity contribution >= 4 is 0 Å². The summed E-state index contributed by atoms with van der Waals surface area (Å²) in [6.07, 6.45) is 9.08. The van der Waals surface area contributed by atoms with E-state index < -0.39 is 0 Å². The van der Waals surface area contributed by atoms with Gasteiger partial charge in [0, 0.05) is 18.1 Å². The van der Waals surface area contributed by atoms with Crippen LogP contribution in [0.25, 0.3) is 0 Å². The molecule has 1 nitrogen and oxygen atoms in total. The number of rotatable bonds is 1. The lowest BCUT2D eigenvalue weighted by Crippen LogP contribution is -2.35. The maximum atomic E-state index is 2.73. The van der Waals surface area contributed by atoms with Crippen LogP contribution in [0.15, 0.2) is 23.3 Å². The molecule has 3 aliphatic rings. The van der Waals surface area contributed by atoms with Gasteiger partial charge in [-0.2, -0.15) is 0 Å². The largest absolute Gasteiger partial charge is 0.287 e. The van der Waals surface area contributed by atoms with Gasteiger partial charge in [0.05, 0.1) is 0 Å². The molecule has 0 N–H and O–H groups in total. The second kappa shape index (κ2) is 3.21. The van der Waals surface area contributed by atoms with Crippen LogP contribution in [0, 0.1) is 5.92 Å². The van der Waals surface area contributed by atoms with E-state index in [1.165, 1.54) is 19.3 Å². The van der Waals surface area contributed by atoms with Gasteiger partial charge in [0.1, 0.15) is 0 Å². The third kappa shape index (κ3) is 1.25. The van der Waals surface area contributed by atoms with Crippen LogP contribution < -0.4 is 0 Å². The Balaban J connectivity index is 2.00. The highest BCUT2D eigenvalue weighted by molar-refractivity contribution is 5.49. The van der Waals surface area contributed by atoms with Crippen molar-refractivity contribution in [3.05, 3.63) is 23.3 Å². The van der Waals surface area contributed by atoms with Crippen LogP contribution in [0.5, 0.6) is 0 Å². The Morgan fingerprint density at radius 2 is 1.87 bits per heavy atom. The highest BCUT2D eigenvalue weighted by Gasteiger charge is 2.47. The molecule has 2 saturated heterocycles. The van der Waals surface area contributed by atoms with E-state index in [-0.39, 0.29) is 0 Å². The Labute approximate surface area is 92.8 Å². The Bertz CT molecular complexity index is 337. The monoisotopic (exact) mass is 203 g/mol. The Morgan fingerprint density at radius 1 is 1.20 bits per heavy atom. The predicted octanol–water partition coefficient (Wildman–Crippen LogP) is 3.13. The molecule has 0 aromatic heterocycles. The van der Waals surface area contributed by atoms with Gasteiger partial charge in [0.15, 0.2) is 0 Å². The van der Waals surface area contributed by atoms with E-state index >= 15 is 0 Å². The maximum absolute atomic E-state index is 2.73. The summed E-state index contributed by atoms with van der Waals surface area (Å²) >= 11 is 0. The lowest BCUT2D eigenvalue weighted by Gasteiger charge is -2.25. The molecule has 3 rings (SSSR count). The second-order valence-corrected chi connectivity index (χ2v) is 5.64. The summed E-state index contributed by atoms with van der Waals surface area (Å²) in [5.41, 5.74) is 3.36. The maximum Gasteiger partial charge on any atom is 0.0357 e. The normalized spacial score (nSPS) is 39.3. The molecule has 1 heteroatoms. The predicted molar refractivity (Wildman–Crippen MR) is 63.7 cm³/mol. The van der Waals surface area contributed by atoms with Crippen molar-refractivity contribution in [3.8, 4) is 0 Å². The van der Waals surface area contributed by atoms with Crippen LogP contribution in [-0.2, 0) is 0 Å². The molecule has 0 aromatic carbocycles. The molecular weight excluding hydrogens is 182 g/mol. The molecule has 1 aliphatic carbocycles. The topological polar surface area (TPSA) is 3.24 Å². The van der Waals surface area contributed by atoms with Crippen molar-refractivity contribution in [2.45, 2.75) is 58.2 Å². The molecule has 0 aromatic rings. The molecule has 82 valence electrons. The Morgan fingerprint density at radius 3 is 2.53 bits per heavy atom. The van der Waals surface area contributed by atoms with E-state index in [1.54, 1.807) is 11.1 Å². The smallest absolute Gasteiger partial charge is 0.0357 e. The van der Waals surface area contributed by atoms with Gasteiger partial charge in [0.25, 0.3) is 0 Å². The molecular formula is C14H21N. The molecule has 15 heavy (non-hydrogen) atoms. The van der Waals surface area contributed by atoms with Crippen molar-refractivity contribution in [3.63, 3.8) is 0 Å². The van der Waals surface area contributed by atoms with Gasteiger partial charge in [-0.05, 0) is 50.2 Å². The number of nitrogens with zero attached hydrogens (tertiary/aromatic N) is 1. The van der Waals surface area contributed by atoms with Crippen molar-refractivity contribution in [2.24, 2.45) is 5.92 Å². The molecule has 2 aliphatic heterocycles. The van der Waals surface area contributed by atoms with E-state index in [9.17, 15) is 0 Å². The van der Waals surface area contributed by atoms with Crippen LogP contribution in [0.4, 0.5) is 0 Å². The average Bonchev–Trinajstić information content (AvgIpc) is 2.72. The zero-order chi connectivity index (χ0) is 10.6. The molecule has 2 fully saturated rings. The summed E-state index contributed by atoms with van der Waals surface area (Å²) in [5.74, 6) is 0.761. The SMILES string of the molecule is CC1C=C2C(=CC1)C1CCC2N1C(C)C. The molecule has 3 unspecified atom stereocenters. The minimum Gasteiger partial charge on any atom is -0.287 e. The van der Waals surface area contributed by atoms with Gasteiger partial charge in [-0.1, -0.05) is 19.1 Å². The van der Waals surface area contributed by atoms with Crippen molar-refractivity contribution in [1.82, 2.24) is 4.90 Å². The second-order valence-electron chi connectivity index (χ2n) is 5.64. The number of hydrogen-bond donors (Lipinski definition) is 0. The first-order valence-electron chi connectivity index (χ1n) is 6.38. The fourth-order valence-electron chi connectivity index (χ4n) is 3.72. The van der Waals surface area contributed by atoms with Crippen molar-refractivity contribution in [2.75, 3.05) is 0 Å². The summed E-state index contributed by atoms with van der Waals surface area (Å²) < 4.78 is 0. The third-order valence-electron chi connectivity index (χ3n) is 4.25. The van der Waals surface area contributed by atoms with Gasteiger partial charge in [-0.15, -0.1) is 0 Å². The number of fused-ring (bicyclic) bond motifs is 5. The summed E-state index contributed by atoms with van der Waals surface area (Å²) in [6, 6.07) is 2.21. The van der Waals surface area contributed by atoms with Crippen molar-refractivity contribution in [1.29, 1.82) is 0 Å². The zero-order valence-corrected chi connectivity index (χ0v) is 10.0. The summed E-state index contributed by atoms with van der Waals surface area (Å²) in [7, 11) is 0. The molecule has 0 saturated carbocycles.